The molecule has 0 radical (unpaired) electrons. The van der Waals surface area contributed by atoms with Gasteiger partial charge in [0.05, 0.1) is 12.8 Å². The molecule has 2 rings (SSSR count). The molecule has 0 bridgehead atoms. The number of thioether (sulfide) groups is 1. The van der Waals surface area contributed by atoms with E-state index in [1.807, 2.05) is 30.3 Å². The minimum absolute atomic E-state index is 0.573. The second kappa shape index (κ2) is 8.63. The lowest BCUT2D eigenvalue weighted by molar-refractivity contribution is 0.414. The van der Waals surface area contributed by atoms with E-state index in [4.69, 9.17) is 10.5 Å². The molecule has 23 heavy (non-hydrogen) atoms. The van der Waals surface area contributed by atoms with Crippen molar-refractivity contribution in [2.75, 3.05) is 7.11 Å². The molecule has 0 aliphatic rings. The van der Waals surface area contributed by atoms with Gasteiger partial charge in [0.15, 0.2) is 5.17 Å². The van der Waals surface area contributed by atoms with Crippen molar-refractivity contribution in [3.63, 3.8) is 0 Å². The number of benzene rings is 2. The molecule has 0 fully saturated rings. The van der Waals surface area contributed by atoms with Crippen molar-refractivity contribution in [2.24, 2.45) is 10.7 Å². The van der Waals surface area contributed by atoms with Crippen molar-refractivity contribution in [1.82, 2.24) is 0 Å². The van der Waals surface area contributed by atoms with Crippen LogP contribution >= 0.6 is 11.8 Å². The SMILES string of the molecule is CC[C@@H](C)c1ccc(N=C(N)SCc2cccc(OC)c2)cc1. The number of methoxy groups -OCH3 is 1. The molecule has 0 aliphatic heterocycles. The normalized spacial score (nSPS) is 12.9. The van der Waals surface area contributed by atoms with Crippen LogP contribution in [0, 0.1) is 0 Å². The van der Waals surface area contributed by atoms with E-state index in [-0.39, 0.29) is 0 Å². The summed E-state index contributed by atoms with van der Waals surface area (Å²) in [5, 5.41) is 0.573. The van der Waals surface area contributed by atoms with E-state index in [9.17, 15) is 0 Å². The summed E-state index contributed by atoms with van der Waals surface area (Å²) in [4.78, 5) is 4.47. The van der Waals surface area contributed by atoms with Crippen LogP contribution in [0.25, 0.3) is 0 Å². The number of nitrogens with zero attached hydrogens (tertiary/aromatic N) is 1. The second-order valence-electron chi connectivity index (χ2n) is 5.49. The highest BCUT2D eigenvalue weighted by Crippen LogP contribution is 2.23. The first kappa shape index (κ1) is 17.4. The lowest BCUT2D eigenvalue weighted by Crippen LogP contribution is -2.06. The fraction of sp³-hybridized carbons (Fsp3) is 0.316. The quantitative estimate of drug-likeness (QED) is 0.593. The summed E-state index contributed by atoms with van der Waals surface area (Å²) in [6, 6.07) is 16.3. The topological polar surface area (TPSA) is 47.6 Å². The molecule has 3 nitrogen and oxygen atoms in total. The van der Waals surface area contributed by atoms with Crippen molar-refractivity contribution in [2.45, 2.75) is 31.9 Å². The molecule has 2 N–H and O–H groups in total. The fourth-order valence-corrected chi connectivity index (χ4v) is 2.86. The van der Waals surface area contributed by atoms with Gasteiger partial charge in [-0.3, -0.25) is 0 Å². The molecule has 2 aromatic carbocycles. The Labute approximate surface area is 143 Å². The van der Waals surface area contributed by atoms with Crippen molar-refractivity contribution in [1.29, 1.82) is 0 Å². The molecule has 0 aliphatic carbocycles. The predicted molar refractivity (Wildman–Crippen MR) is 101 cm³/mol. The molecule has 0 saturated heterocycles. The Morgan fingerprint density at radius 1 is 1.22 bits per heavy atom. The molecular weight excluding hydrogens is 304 g/mol. The first-order valence-corrected chi connectivity index (χ1v) is 8.80. The van der Waals surface area contributed by atoms with Crippen LogP contribution in [0.2, 0.25) is 0 Å². The van der Waals surface area contributed by atoms with Crippen LogP contribution in [-0.2, 0) is 5.75 Å². The maximum Gasteiger partial charge on any atom is 0.159 e. The van der Waals surface area contributed by atoms with Crippen LogP contribution < -0.4 is 10.5 Å². The van der Waals surface area contributed by atoms with Gasteiger partial charge >= 0.3 is 0 Å². The summed E-state index contributed by atoms with van der Waals surface area (Å²) < 4.78 is 5.23. The Morgan fingerprint density at radius 2 is 1.96 bits per heavy atom. The Hall–Kier alpha value is -1.94. The van der Waals surface area contributed by atoms with E-state index in [0.29, 0.717) is 11.1 Å². The standard InChI is InChI=1S/C19H24N2OS/c1-4-14(2)16-8-10-17(11-9-16)21-19(20)23-13-15-6-5-7-18(12-15)22-3/h5-12,14H,4,13H2,1-3H3,(H2,20,21)/t14-/m1/s1. The zero-order valence-corrected chi connectivity index (χ0v) is 14.8. The number of amidine groups is 1. The van der Waals surface area contributed by atoms with Gasteiger partial charge < -0.3 is 10.5 Å². The molecule has 0 aromatic heterocycles. The van der Waals surface area contributed by atoms with Crippen LogP contribution in [-0.4, -0.2) is 12.3 Å². The smallest absolute Gasteiger partial charge is 0.159 e. The number of rotatable bonds is 6. The van der Waals surface area contributed by atoms with Crippen LogP contribution in [0.15, 0.2) is 53.5 Å². The van der Waals surface area contributed by atoms with Crippen LogP contribution in [0.4, 0.5) is 5.69 Å². The average molecular weight is 328 g/mol. The molecular formula is C19H24N2OS. The zero-order chi connectivity index (χ0) is 16.7. The second-order valence-corrected chi connectivity index (χ2v) is 6.49. The summed E-state index contributed by atoms with van der Waals surface area (Å²) in [6.45, 7) is 4.43. The number of nitrogens with two attached hydrogens (primary N) is 1. The number of hydrogen-bond donors (Lipinski definition) is 1. The van der Waals surface area contributed by atoms with Gasteiger partial charge in [-0.25, -0.2) is 4.99 Å². The van der Waals surface area contributed by atoms with Crippen molar-refractivity contribution < 1.29 is 4.74 Å². The molecule has 2 aromatic rings. The van der Waals surface area contributed by atoms with E-state index in [1.54, 1.807) is 7.11 Å². The predicted octanol–water partition coefficient (Wildman–Crippen LogP) is 5.09. The lowest BCUT2D eigenvalue weighted by atomic mass is 9.99. The maximum absolute atomic E-state index is 6.03. The summed E-state index contributed by atoms with van der Waals surface area (Å²) >= 11 is 1.53. The Kier molecular flexibility index (Phi) is 6.53. The molecule has 0 heterocycles. The third-order valence-corrected chi connectivity index (χ3v) is 4.70. The summed E-state index contributed by atoms with van der Waals surface area (Å²) in [5.74, 6) is 2.21. The Balaban J connectivity index is 1.96. The minimum atomic E-state index is 0.573. The lowest BCUT2D eigenvalue weighted by Gasteiger charge is -2.08. The largest absolute Gasteiger partial charge is 0.497 e. The highest BCUT2D eigenvalue weighted by Gasteiger charge is 2.03. The fourth-order valence-electron chi connectivity index (χ4n) is 2.19. The van der Waals surface area contributed by atoms with Gasteiger partial charge in [0.2, 0.25) is 0 Å². The van der Waals surface area contributed by atoms with Crippen LogP contribution in [0.3, 0.4) is 0 Å². The number of aliphatic imine (C=N–C) groups is 1. The van der Waals surface area contributed by atoms with Gasteiger partial charge in [0, 0.05) is 5.75 Å². The van der Waals surface area contributed by atoms with Crippen LogP contribution in [0.5, 0.6) is 5.75 Å². The molecule has 122 valence electrons. The van der Waals surface area contributed by atoms with Gasteiger partial charge in [-0.05, 0) is 47.7 Å². The van der Waals surface area contributed by atoms with Crippen molar-refractivity contribution >= 4 is 22.6 Å². The molecule has 0 spiro atoms. The highest BCUT2D eigenvalue weighted by atomic mass is 32.2. The molecule has 0 unspecified atom stereocenters. The minimum Gasteiger partial charge on any atom is -0.497 e. The summed E-state index contributed by atoms with van der Waals surface area (Å²) in [6.07, 6.45) is 1.14. The molecule has 1 atom stereocenters. The Bertz CT molecular complexity index is 653. The maximum atomic E-state index is 6.03. The number of ether oxygens (including phenoxy) is 1. The van der Waals surface area contributed by atoms with Gasteiger partial charge in [-0.2, -0.15) is 0 Å². The highest BCUT2D eigenvalue weighted by molar-refractivity contribution is 8.13. The van der Waals surface area contributed by atoms with Gasteiger partial charge in [-0.15, -0.1) is 0 Å². The van der Waals surface area contributed by atoms with Crippen LogP contribution in [0.1, 0.15) is 37.3 Å². The van der Waals surface area contributed by atoms with E-state index in [1.165, 1.54) is 22.9 Å². The van der Waals surface area contributed by atoms with E-state index in [0.717, 1.165) is 23.6 Å². The molecule has 0 amide bonds. The molecule has 4 heteroatoms. The summed E-state index contributed by atoms with van der Waals surface area (Å²) in [7, 11) is 1.67. The van der Waals surface area contributed by atoms with E-state index < -0.39 is 0 Å². The van der Waals surface area contributed by atoms with Gasteiger partial charge in [-0.1, -0.05) is 49.9 Å². The Morgan fingerprint density at radius 3 is 2.61 bits per heavy atom. The summed E-state index contributed by atoms with van der Waals surface area (Å²) in [5.41, 5.74) is 9.43. The van der Waals surface area contributed by atoms with E-state index in [2.05, 4.69) is 37.0 Å². The molecule has 0 saturated carbocycles. The van der Waals surface area contributed by atoms with Gasteiger partial charge in [0.1, 0.15) is 5.75 Å². The first-order valence-electron chi connectivity index (χ1n) is 7.82. The van der Waals surface area contributed by atoms with Crippen molar-refractivity contribution in [3.05, 3.63) is 59.7 Å². The van der Waals surface area contributed by atoms with Crippen molar-refractivity contribution in [3.8, 4) is 5.75 Å². The monoisotopic (exact) mass is 328 g/mol. The van der Waals surface area contributed by atoms with E-state index >= 15 is 0 Å². The van der Waals surface area contributed by atoms with Gasteiger partial charge in [0.25, 0.3) is 0 Å². The average Bonchev–Trinajstić information content (AvgIpc) is 2.60. The first-order chi connectivity index (χ1) is 11.1. The zero-order valence-electron chi connectivity index (χ0n) is 14.0. The third-order valence-electron chi connectivity index (χ3n) is 3.83. The third kappa shape index (κ3) is 5.32. The number of hydrogen-bond acceptors (Lipinski definition) is 3.